The van der Waals surface area contributed by atoms with E-state index in [1.54, 1.807) is 0 Å². The largest absolute Gasteiger partial charge is 0.343 e. The van der Waals surface area contributed by atoms with Gasteiger partial charge < -0.3 is 6.92 Å². The molecule has 0 heterocycles. The first-order valence-electron chi connectivity index (χ1n) is 11.9. The van der Waals surface area contributed by atoms with Gasteiger partial charge in [-0.3, -0.25) is 0 Å². The third-order valence-corrected chi connectivity index (χ3v) is 9.15. The molecule has 0 bridgehead atoms. The zero-order valence-corrected chi connectivity index (χ0v) is 24.2. The van der Waals surface area contributed by atoms with Crippen molar-refractivity contribution >= 4 is 0 Å². The van der Waals surface area contributed by atoms with Gasteiger partial charge in [-0.1, -0.05) is 87.8 Å². The van der Waals surface area contributed by atoms with Crippen LogP contribution >= 0.6 is 0 Å². The summed E-state index contributed by atoms with van der Waals surface area (Å²) in [5, 5.41) is 0. The molecule has 165 valence electrons. The van der Waals surface area contributed by atoms with Gasteiger partial charge in [0.25, 0.3) is 0 Å². The first-order chi connectivity index (χ1) is 12.5. The Balaban J connectivity index is 0. The van der Waals surface area contributed by atoms with Gasteiger partial charge in [0.2, 0.25) is 0 Å². The van der Waals surface area contributed by atoms with Crippen LogP contribution in [-0.2, 0) is 32.7 Å². The fourth-order valence-electron chi connectivity index (χ4n) is 5.22. The van der Waals surface area contributed by atoms with Gasteiger partial charge in [0.05, 0.1) is 0 Å². The van der Waals surface area contributed by atoms with Crippen LogP contribution in [0.25, 0.3) is 0 Å². The van der Waals surface area contributed by atoms with Gasteiger partial charge in [-0.15, -0.1) is 0 Å². The Labute approximate surface area is 205 Å². The molecular formula is C27H53Y-. The van der Waals surface area contributed by atoms with Gasteiger partial charge in [0.1, 0.15) is 0 Å². The zero-order valence-electron chi connectivity index (χ0n) is 21.3. The maximum Gasteiger partial charge on any atom is 0 e. The van der Waals surface area contributed by atoms with Crippen LogP contribution in [0.1, 0.15) is 95.4 Å². The zero-order chi connectivity index (χ0) is 21.3. The van der Waals surface area contributed by atoms with Crippen LogP contribution < -0.4 is 0 Å². The monoisotopic (exact) mass is 466 g/mol. The molecule has 2 fully saturated rings. The molecule has 0 atom stereocenters. The number of rotatable bonds is 3. The number of hydrogen-bond acceptors (Lipinski definition) is 0. The molecule has 0 aromatic heterocycles. The summed E-state index contributed by atoms with van der Waals surface area (Å²) in [5.74, 6) is 9.35. The predicted molar refractivity (Wildman–Crippen MR) is 126 cm³/mol. The van der Waals surface area contributed by atoms with E-state index in [-0.39, 0.29) is 32.7 Å². The summed E-state index contributed by atoms with van der Waals surface area (Å²) in [6.07, 6.45) is 7.73. The molecule has 0 aromatic carbocycles. The van der Waals surface area contributed by atoms with E-state index in [0.717, 1.165) is 65.6 Å². The third-order valence-electron chi connectivity index (χ3n) is 9.15. The second-order valence-electron chi connectivity index (χ2n) is 10.2. The molecule has 2 rings (SSSR count). The SMILES string of the molecule is CC1C(C)C(C)C(C)C1C.CC1C(C)C(C)C(C)C1C.[CH2-]CCC/C=C/C.[Y]. The summed E-state index contributed by atoms with van der Waals surface area (Å²) in [7, 11) is 0. The van der Waals surface area contributed by atoms with E-state index in [1.807, 2.05) is 6.92 Å². The third kappa shape index (κ3) is 8.92. The molecule has 2 aliphatic rings. The van der Waals surface area contributed by atoms with Crippen LogP contribution in [-0.4, -0.2) is 0 Å². The minimum Gasteiger partial charge on any atom is -0.343 e. The van der Waals surface area contributed by atoms with E-state index in [2.05, 4.69) is 88.3 Å². The van der Waals surface area contributed by atoms with Gasteiger partial charge in [0, 0.05) is 32.7 Å². The molecule has 0 amide bonds. The Bertz CT molecular complexity index is 281. The summed E-state index contributed by atoms with van der Waals surface area (Å²) in [6.45, 7) is 29.7. The minimum atomic E-state index is 0. The molecule has 0 aromatic rings. The number of allylic oxidation sites excluding steroid dienone is 2. The van der Waals surface area contributed by atoms with Crippen LogP contribution in [0.4, 0.5) is 0 Å². The maximum atomic E-state index is 3.72. The average Bonchev–Trinajstić information content (AvgIpc) is 2.93. The van der Waals surface area contributed by atoms with Crippen molar-refractivity contribution in [2.75, 3.05) is 0 Å². The van der Waals surface area contributed by atoms with E-state index >= 15 is 0 Å². The van der Waals surface area contributed by atoms with Crippen molar-refractivity contribution in [3.8, 4) is 0 Å². The van der Waals surface area contributed by atoms with E-state index in [1.165, 1.54) is 12.8 Å². The standard InChI is InChI=1S/2C10H20.C7H13.Y/c2*1-6-7(2)9(4)10(5)8(6)3;1-3-5-7-6-4-2;/h2*6-10H,1-5H3;4,6H,1,3,5,7H2,2H3;/q;;-1;/b;;6-4+;. The maximum absolute atomic E-state index is 3.72. The smallest absolute Gasteiger partial charge is 0 e. The summed E-state index contributed by atoms with van der Waals surface area (Å²) in [5.41, 5.74) is 0. The minimum absolute atomic E-state index is 0. The Kier molecular flexibility index (Phi) is 17.3. The van der Waals surface area contributed by atoms with Crippen LogP contribution in [0, 0.1) is 66.1 Å². The van der Waals surface area contributed by atoms with E-state index in [9.17, 15) is 0 Å². The van der Waals surface area contributed by atoms with Crippen molar-refractivity contribution in [3.05, 3.63) is 19.1 Å². The summed E-state index contributed by atoms with van der Waals surface area (Å²) in [4.78, 5) is 0. The van der Waals surface area contributed by atoms with Crippen LogP contribution in [0.5, 0.6) is 0 Å². The second kappa shape index (κ2) is 15.6. The molecule has 0 saturated heterocycles. The molecule has 0 spiro atoms. The topological polar surface area (TPSA) is 0 Å². The van der Waals surface area contributed by atoms with Crippen molar-refractivity contribution < 1.29 is 32.7 Å². The fourth-order valence-corrected chi connectivity index (χ4v) is 5.22. The first kappa shape index (κ1) is 31.0. The Morgan fingerprint density at radius 2 is 0.750 bits per heavy atom. The molecule has 1 heteroatoms. The second-order valence-corrected chi connectivity index (χ2v) is 10.2. The molecule has 2 saturated carbocycles. The van der Waals surface area contributed by atoms with E-state index < -0.39 is 0 Å². The van der Waals surface area contributed by atoms with Crippen LogP contribution in [0.3, 0.4) is 0 Å². The van der Waals surface area contributed by atoms with Gasteiger partial charge in [-0.25, -0.2) is 0 Å². The summed E-state index contributed by atoms with van der Waals surface area (Å²) >= 11 is 0. The molecule has 0 aliphatic heterocycles. The molecule has 0 unspecified atom stereocenters. The Morgan fingerprint density at radius 3 is 0.893 bits per heavy atom. The fraction of sp³-hybridized carbons (Fsp3) is 0.889. The van der Waals surface area contributed by atoms with Crippen LogP contribution in [0.2, 0.25) is 0 Å². The molecule has 2 aliphatic carbocycles. The summed E-state index contributed by atoms with van der Waals surface area (Å²) in [6, 6.07) is 0. The van der Waals surface area contributed by atoms with Crippen molar-refractivity contribution in [2.45, 2.75) is 95.4 Å². The van der Waals surface area contributed by atoms with Crippen molar-refractivity contribution in [1.29, 1.82) is 0 Å². The van der Waals surface area contributed by atoms with Crippen molar-refractivity contribution in [1.82, 2.24) is 0 Å². The van der Waals surface area contributed by atoms with Gasteiger partial charge in [-0.05, 0) is 72.5 Å². The van der Waals surface area contributed by atoms with E-state index in [4.69, 9.17) is 0 Å². The number of unbranched alkanes of at least 4 members (excludes halogenated alkanes) is 2. The molecule has 1 radical (unpaired) electrons. The van der Waals surface area contributed by atoms with E-state index in [0.29, 0.717) is 0 Å². The van der Waals surface area contributed by atoms with Crippen molar-refractivity contribution in [2.24, 2.45) is 59.2 Å². The number of hydrogen-bond donors (Lipinski definition) is 0. The quantitative estimate of drug-likeness (QED) is 0.221. The Hall–Kier alpha value is 0.844. The average molecular weight is 467 g/mol. The Morgan fingerprint density at radius 1 is 0.536 bits per heavy atom. The molecular weight excluding hydrogens is 413 g/mol. The van der Waals surface area contributed by atoms with Gasteiger partial charge in [-0.2, -0.15) is 6.42 Å². The van der Waals surface area contributed by atoms with Crippen LogP contribution in [0.15, 0.2) is 12.2 Å². The molecule has 28 heavy (non-hydrogen) atoms. The molecule has 0 N–H and O–H groups in total. The normalized spacial score (nSPS) is 42.3. The van der Waals surface area contributed by atoms with Crippen molar-refractivity contribution in [3.63, 3.8) is 0 Å². The van der Waals surface area contributed by atoms with Gasteiger partial charge in [0.15, 0.2) is 0 Å². The first-order valence-corrected chi connectivity index (χ1v) is 11.9. The molecule has 0 nitrogen and oxygen atoms in total. The van der Waals surface area contributed by atoms with Gasteiger partial charge >= 0.3 is 0 Å². The summed E-state index contributed by atoms with van der Waals surface area (Å²) < 4.78 is 0. The predicted octanol–water partition coefficient (Wildman–Crippen LogP) is 8.93.